The van der Waals surface area contributed by atoms with Crippen LogP contribution in [0.1, 0.15) is 5.56 Å². The number of carbonyl (C=O) groups excluding carboxylic acids is 2. The fraction of sp³-hybridized carbons (Fsp3) is 0.111. The van der Waals surface area contributed by atoms with Crippen molar-refractivity contribution >= 4 is 52.6 Å². The molecule has 1 aliphatic heterocycles. The highest BCUT2D eigenvalue weighted by atomic mass is 35.5. The quantitative estimate of drug-likeness (QED) is 0.307. The number of aliphatic hydroxyl groups is 1. The number of aromatic nitrogens is 3. The number of benzene rings is 1. The fourth-order valence-corrected chi connectivity index (χ4v) is 3.00. The molecule has 0 unspecified atom stereocenters. The summed E-state index contributed by atoms with van der Waals surface area (Å²) in [5, 5.41) is 24.8. The van der Waals surface area contributed by atoms with Gasteiger partial charge in [-0.15, -0.1) is 0 Å². The summed E-state index contributed by atoms with van der Waals surface area (Å²) in [6, 6.07) is 8.32. The first kappa shape index (κ1) is 18.7. The number of nitrogens with one attached hydrogen (secondary N) is 4. The maximum atomic E-state index is 11.8. The van der Waals surface area contributed by atoms with Crippen molar-refractivity contribution in [3.8, 4) is 0 Å². The fourth-order valence-electron chi connectivity index (χ4n) is 2.81. The van der Waals surface area contributed by atoms with Gasteiger partial charge in [-0.2, -0.15) is 9.61 Å². The van der Waals surface area contributed by atoms with Crippen LogP contribution in [0.4, 0.5) is 22.1 Å². The Bertz CT molecular complexity index is 1140. The first-order chi connectivity index (χ1) is 14.0. The molecule has 1 saturated heterocycles. The van der Waals surface area contributed by atoms with Gasteiger partial charge in [0.1, 0.15) is 17.3 Å². The SMILES string of the molecule is O=C1NC(=O)C(=Cc2cnn3c(NCCO)cc(Nc4cccc(Cl)c4)nc23)N1. The molecule has 29 heavy (non-hydrogen) atoms. The highest BCUT2D eigenvalue weighted by Crippen LogP contribution is 2.24. The van der Waals surface area contributed by atoms with E-state index in [0.717, 1.165) is 5.69 Å². The molecule has 3 heterocycles. The van der Waals surface area contributed by atoms with Gasteiger partial charge in [0, 0.05) is 28.9 Å². The molecule has 2 aromatic heterocycles. The van der Waals surface area contributed by atoms with Gasteiger partial charge in [-0.25, -0.2) is 9.78 Å². The first-order valence-electron chi connectivity index (χ1n) is 8.63. The number of amides is 3. The molecule has 3 amide bonds. The van der Waals surface area contributed by atoms with Crippen molar-refractivity contribution in [3.05, 3.63) is 52.8 Å². The second-order valence-corrected chi connectivity index (χ2v) is 6.55. The van der Waals surface area contributed by atoms with Crippen molar-refractivity contribution in [1.82, 2.24) is 25.2 Å². The number of anilines is 3. The van der Waals surface area contributed by atoms with Crippen LogP contribution in [0.5, 0.6) is 0 Å². The van der Waals surface area contributed by atoms with E-state index >= 15 is 0 Å². The summed E-state index contributed by atoms with van der Waals surface area (Å²) in [5.74, 6) is 0.555. The standard InChI is InChI=1S/C18H16ClN7O3/c19-11-2-1-3-12(7-11)22-14-8-15(20-4-5-27)26-16(24-14)10(9-21-26)6-13-17(28)25-18(29)23-13/h1-3,6-9,20,27H,4-5H2,(H,22,24)(H2,23,25,28,29). The van der Waals surface area contributed by atoms with E-state index in [-0.39, 0.29) is 12.3 Å². The summed E-state index contributed by atoms with van der Waals surface area (Å²) in [5.41, 5.74) is 1.81. The number of hydrogen-bond acceptors (Lipinski definition) is 7. The van der Waals surface area contributed by atoms with Gasteiger partial charge in [-0.1, -0.05) is 17.7 Å². The second-order valence-electron chi connectivity index (χ2n) is 6.11. The number of hydrogen-bond donors (Lipinski definition) is 5. The summed E-state index contributed by atoms with van der Waals surface area (Å²) >= 11 is 6.04. The lowest BCUT2D eigenvalue weighted by Gasteiger charge is -2.11. The van der Waals surface area contributed by atoms with Crippen LogP contribution in [0, 0.1) is 0 Å². The summed E-state index contributed by atoms with van der Waals surface area (Å²) in [6.45, 7) is 0.246. The first-order valence-corrected chi connectivity index (χ1v) is 9.01. The van der Waals surface area contributed by atoms with E-state index in [1.807, 2.05) is 12.1 Å². The second kappa shape index (κ2) is 7.78. The van der Waals surface area contributed by atoms with E-state index in [1.54, 1.807) is 22.7 Å². The molecular formula is C18H16ClN7O3. The summed E-state index contributed by atoms with van der Waals surface area (Å²) in [6.07, 6.45) is 3.02. The molecule has 5 N–H and O–H groups in total. The normalized spacial score (nSPS) is 14.9. The number of aliphatic hydroxyl groups excluding tert-OH is 1. The van der Waals surface area contributed by atoms with E-state index in [2.05, 4.69) is 31.3 Å². The molecule has 3 aromatic rings. The van der Waals surface area contributed by atoms with E-state index in [9.17, 15) is 9.59 Å². The minimum Gasteiger partial charge on any atom is -0.395 e. The number of rotatable bonds is 6. The largest absolute Gasteiger partial charge is 0.395 e. The van der Waals surface area contributed by atoms with Crippen molar-refractivity contribution in [3.63, 3.8) is 0 Å². The van der Waals surface area contributed by atoms with Gasteiger partial charge in [0.05, 0.1) is 12.8 Å². The van der Waals surface area contributed by atoms with Crippen molar-refractivity contribution in [2.75, 3.05) is 23.8 Å². The molecule has 0 radical (unpaired) electrons. The summed E-state index contributed by atoms with van der Waals surface area (Å²) in [7, 11) is 0. The van der Waals surface area contributed by atoms with Gasteiger partial charge in [0.25, 0.3) is 5.91 Å². The zero-order chi connectivity index (χ0) is 20.4. The van der Waals surface area contributed by atoms with Gasteiger partial charge >= 0.3 is 6.03 Å². The van der Waals surface area contributed by atoms with E-state index < -0.39 is 11.9 Å². The average molecular weight is 414 g/mol. The Morgan fingerprint density at radius 1 is 1.24 bits per heavy atom. The monoisotopic (exact) mass is 413 g/mol. The average Bonchev–Trinajstić information content (AvgIpc) is 3.22. The smallest absolute Gasteiger partial charge is 0.326 e. The molecule has 10 nitrogen and oxygen atoms in total. The third kappa shape index (κ3) is 3.98. The molecule has 0 saturated carbocycles. The summed E-state index contributed by atoms with van der Waals surface area (Å²) in [4.78, 5) is 27.7. The Morgan fingerprint density at radius 2 is 2.10 bits per heavy atom. The number of halogens is 1. The minimum atomic E-state index is -0.584. The van der Waals surface area contributed by atoms with Gasteiger partial charge in [-0.05, 0) is 24.3 Å². The van der Waals surface area contributed by atoms with Crippen LogP contribution in [0.15, 0.2) is 42.2 Å². The number of fused-ring (bicyclic) bond motifs is 1. The number of imide groups is 1. The van der Waals surface area contributed by atoms with Crippen LogP contribution in [0.3, 0.4) is 0 Å². The maximum absolute atomic E-state index is 11.8. The Labute approximate surface area is 169 Å². The predicted molar refractivity (Wildman–Crippen MR) is 108 cm³/mol. The minimum absolute atomic E-state index is 0.0642. The van der Waals surface area contributed by atoms with Crippen LogP contribution in [0.2, 0.25) is 5.02 Å². The van der Waals surface area contributed by atoms with Crippen molar-refractivity contribution < 1.29 is 14.7 Å². The summed E-state index contributed by atoms with van der Waals surface area (Å²) < 4.78 is 1.54. The molecule has 0 aliphatic carbocycles. The van der Waals surface area contributed by atoms with Gasteiger partial charge in [-0.3, -0.25) is 10.1 Å². The lowest BCUT2D eigenvalue weighted by molar-refractivity contribution is -0.115. The molecule has 0 spiro atoms. The van der Waals surface area contributed by atoms with E-state index in [4.69, 9.17) is 16.7 Å². The van der Waals surface area contributed by atoms with E-state index in [0.29, 0.717) is 34.4 Å². The van der Waals surface area contributed by atoms with Gasteiger partial charge < -0.3 is 21.1 Å². The third-order valence-corrected chi connectivity index (χ3v) is 4.27. The molecule has 1 fully saturated rings. The zero-order valence-corrected chi connectivity index (χ0v) is 15.7. The zero-order valence-electron chi connectivity index (χ0n) is 14.9. The molecule has 4 rings (SSSR count). The Kier molecular flexibility index (Phi) is 5.02. The van der Waals surface area contributed by atoms with Crippen LogP contribution < -0.4 is 21.3 Å². The lowest BCUT2D eigenvalue weighted by atomic mass is 10.2. The number of urea groups is 1. The Balaban J connectivity index is 1.77. The topological polar surface area (TPSA) is 133 Å². The Hall–Kier alpha value is -3.63. The predicted octanol–water partition coefficient (Wildman–Crippen LogP) is 1.71. The lowest BCUT2D eigenvalue weighted by Crippen LogP contribution is -2.22. The molecule has 0 bridgehead atoms. The molecule has 1 aromatic carbocycles. The van der Waals surface area contributed by atoms with E-state index in [1.165, 1.54) is 12.3 Å². The van der Waals surface area contributed by atoms with Crippen molar-refractivity contribution in [1.29, 1.82) is 0 Å². The number of nitrogens with zero attached hydrogens (tertiary/aromatic N) is 3. The van der Waals surface area contributed by atoms with Crippen LogP contribution in [-0.4, -0.2) is 44.8 Å². The maximum Gasteiger partial charge on any atom is 0.326 e. The molecule has 0 atom stereocenters. The number of carbonyl (C=O) groups is 2. The molecule has 11 heteroatoms. The molecule has 148 valence electrons. The van der Waals surface area contributed by atoms with Gasteiger partial charge in [0.2, 0.25) is 0 Å². The van der Waals surface area contributed by atoms with Crippen LogP contribution in [0.25, 0.3) is 11.7 Å². The highest BCUT2D eigenvalue weighted by molar-refractivity contribution is 6.30. The third-order valence-electron chi connectivity index (χ3n) is 4.03. The van der Waals surface area contributed by atoms with Crippen LogP contribution in [-0.2, 0) is 4.79 Å². The molecular weight excluding hydrogens is 398 g/mol. The molecule has 1 aliphatic rings. The highest BCUT2D eigenvalue weighted by Gasteiger charge is 2.23. The Morgan fingerprint density at radius 3 is 2.83 bits per heavy atom. The van der Waals surface area contributed by atoms with Crippen molar-refractivity contribution in [2.24, 2.45) is 0 Å². The van der Waals surface area contributed by atoms with Gasteiger partial charge in [0.15, 0.2) is 5.65 Å². The van der Waals surface area contributed by atoms with Crippen molar-refractivity contribution in [2.45, 2.75) is 0 Å². The van der Waals surface area contributed by atoms with Crippen LogP contribution >= 0.6 is 11.6 Å².